The molecular weight excluding hydrogens is 470 g/mol. The first kappa shape index (κ1) is 24.2. The molecule has 4 aromatic rings. The molecule has 0 saturated heterocycles. The number of hydrogen-bond donors (Lipinski definition) is 0. The van der Waals surface area contributed by atoms with Crippen LogP contribution in [-0.4, -0.2) is 14.3 Å². The number of aryl methyl sites for hydroxylation is 2. The molecule has 0 spiro atoms. The lowest BCUT2D eigenvalue weighted by Crippen LogP contribution is -2.37. The maximum Gasteiger partial charge on any atom is 0.396 e. The van der Waals surface area contributed by atoms with Gasteiger partial charge in [-0.2, -0.15) is 0 Å². The van der Waals surface area contributed by atoms with Gasteiger partial charge in [0.2, 0.25) is 5.91 Å². The highest BCUT2D eigenvalue weighted by molar-refractivity contribution is 7.93. The van der Waals surface area contributed by atoms with Gasteiger partial charge < -0.3 is 4.42 Å². The van der Waals surface area contributed by atoms with E-state index in [1.165, 1.54) is 0 Å². The van der Waals surface area contributed by atoms with Crippen molar-refractivity contribution in [3.8, 4) is 0 Å². The minimum Gasteiger partial charge on any atom is -0.413 e. The number of amides is 1. The topological polar surface area (TPSA) is 84.7 Å². The summed E-state index contributed by atoms with van der Waals surface area (Å²) >= 11 is 0.893. The molecule has 8 heteroatoms. The van der Waals surface area contributed by atoms with E-state index >= 15 is 0 Å². The molecule has 0 N–H and O–H groups in total. The maximum atomic E-state index is 14.2. The fourth-order valence-corrected chi connectivity index (χ4v) is 6.65. The Morgan fingerprint density at radius 1 is 1.00 bits per heavy atom. The summed E-state index contributed by atoms with van der Waals surface area (Å²) in [6.45, 7) is 5.81. The molecule has 1 aromatic heterocycles. The van der Waals surface area contributed by atoms with Crippen LogP contribution in [0.2, 0.25) is 0 Å². The summed E-state index contributed by atoms with van der Waals surface area (Å²) in [7, 11) is -4.23. The molecule has 178 valence electrons. The van der Waals surface area contributed by atoms with Crippen molar-refractivity contribution in [2.45, 2.75) is 57.8 Å². The van der Waals surface area contributed by atoms with Crippen LogP contribution in [0.25, 0.3) is 21.1 Å². The first-order chi connectivity index (χ1) is 16.3. The van der Waals surface area contributed by atoms with Crippen LogP contribution in [0.4, 0.5) is 5.69 Å². The fraction of sp³-hybridized carbons (Fsp3) is 0.308. The van der Waals surface area contributed by atoms with Crippen molar-refractivity contribution < 1.29 is 17.6 Å². The highest BCUT2D eigenvalue weighted by atomic mass is 32.2. The molecule has 1 heterocycles. The van der Waals surface area contributed by atoms with Crippen molar-refractivity contribution in [2.75, 3.05) is 4.31 Å². The maximum absolute atomic E-state index is 14.2. The number of fused-ring (bicyclic) bond motifs is 3. The summed E-state index contributed by atoms with van der Waals surface area (Å²) in [5, 5.41) is 1.13. The summed E-state index contributed by atoms with van der Waals surface area (Å²) in [6, 6.07) is 14.1. The van der Waals surface area contributed by atoms with Crippen molar-refractivity contribution in [1.82, 2.24) is 0 Å². The van der Waals surface area contributed by atoms with E-state index in [1.807, 2.05) is 32.9 Å². The zero-order valence-corrected chi connectivity index (χ0v) is 21.1. The number of unbranched alkanes of at least 4 members (excludes halogenated alkanes) is 1. The molecule has 3 aromatic carbocycles. The number of benzene rings is 3. The lowest BCUT2D eigenvalue weighted by atomic mass is 10.1. The van der Waals surface area contributed by atoms with Crippen LogP contribution in [0.15, 0.2) is 62.6 Å². The molecule has 0 aliphatic heterocycles. The molecule has 0 unspecified atom stereocenters. The molecule has 0 atom stereocenters. The molecule has 6 nitrogen and oxygen atoms in total. The number of carbonyl (C=O) groups is 1. The van der Waals surface area contributed by atoms with E-state index in [0.717, 1.165) is 27.6 Å². The summed E-state index contributed by atoms with van der Waals surface area (Å²) in [5.41, 5.74) is 2.18. The Kier molecular flexibility index (Phi) is 6.91. The van der Waals surface area contributed by atoms with Crippen LogP contribution < -0.4 is 9.24 Å². The smallest absolute Gasteiger partial charge is 0.396 e. The van der Waals surface area contributed by atoms with E-state index in [1.54, 1.807) is 36.4 Å². The number of nitrogens with zero attached hydrogens (tertiary/aromatic N) is 1. The molecule has 0 aliphatic carbocycles. The third-order valence-electron chi connectivity index (χ3n) is 5.95. The van der Waals surface area contributed by atoms with E-state index in [0.29, 0.717) is 45.9 Å². The molecular formula is C26H27NO5S2. The van der Waals surface area contributed by atoms with Gasteiger partial charge in [0.05, 0.1) is 15.3 Å². The summed E-state index contributed by atoms with van der Waals surface area (Å²) in [4.78, 5) is 25.2. The minimum atomic E-state index is -4.23. The minimum absolute atomic E-state index is 0.0959. The number of sulfonamides is 1. The van der Waals surface area contributed by atoms with Gasteiger partial charge in [-0.25, -0.2) is 17.5 Å². The van der Waals surface area contributed by atoms with Crippen LogP contribution in [0.5, 0.6) is 0 Å². The fourth-order valence-electron chi connectivity index (χ4n) is 4.12. The van der Waals surface area contributed by atoms with Gasteiger partial charge in [0.25, 0.3) is 10.0 Å². The predicted molar refractivity (Wildman–Crippen MR) is 137 cm³/mol. The van der Waals surface area contributed by atoms with Gasteiger partial charge in [-0.05, 0) is 42.5 Å². The van der Waals surface area contributed by atoms with Gasteiger partial charge in [0.1, 0.15) is 0 Å². The van der Waals surface area contributed by atoms with Crippen molar-refractivity contribution >= 4 is 54.0 Å². The van der Waals surface area contributed by atoms with E-state index < -0.39 is 20.9 Å². The molecule has 0 radical (unpaired) electrons. The summed E-state index contributed by atoms with van der Waals surface area (Å²) in [5.74, 6) is -0.494. The third-order valence-corrected chi connectivity index (χ3v) is 8.54. The number of rotatable bonds is 8. The van der Waals surface area contributed by atoms with Gasteiger partial charge in [-0.15, -0.1) is 0 Å². The normalized spacial score (nSPS) is 11.9. The van der Waals surface area contributed by atoms with Gasteiger partial charge >= 0.3 is 4.94 Å². The average molecular weight is 498 g/mol. The Balaban J connectivity index is 2.05. The van der Waals surface area contributed by atoms with Crippen molar-refractivity contribution in [2.24, 2.45) is 0 Å². The van der Waals surface area contributed by atoms with Crippen LogP contribution in [0, 0.1) is 0 Å². The van der Waals surface area contributed by atoms with E-state index in [-0.39, 0.29) is 17.0 Å². The lowest BCUT2D eigenvalue weighted by molar-refractivity contribution is -0.117. The Morgan fingerprint density at radius 2 is 1.74 bits per heavy atom. The van der Waals surface area contributed by atoms with Crippen LogP contribution in [-0.2, 0) is 27.7 Å². The van der Waals surface area contributed by atoms with Gasteiger partial charge in [0.15, 0.2) is 5.58 Å². The molecule has 4 rings (SSSR count). The Labute approximate surface area is 202 Å². The number of anilines is 1. The van der Waals surface area contributed by atoms with Crippen molar-refractivity contribution in [3.63, 3.8) is 0 Å². The van der Waals surface area contributed by atoms with E-state index in [4.69, 9.17) is 4.42 Å². The van der Waals surface area contributed by atoms with Crippen LogP contribution in [0.3, 0.4) is 0 Å². The molecule has 34 heavy (non-hydrogen) atoms. The first-order valence-electron chi connectivity index (χ1n) is 11.5. The number of hydrogen-bond acceptors (Lipinski definition) is 6. The Morgan fingerprint density at radius 3 is 2.41 bits per heavy atom. The SMILES string of the molecule is CCCCC(=O)N(c1cc2sc(=O)oc2c2ccccc12)S(=O)(=O)c1cc(CC)ccc1CC. The van der Waals surface area contributed by atoms with Crippen LogP contribution >= 0.6 is 11.3 Å². The molecule has 0 saturated carbocycles. The molecule has 0 fully saturated rings. The van der Waals surface area contributed by atoms with Gasteiger partial charge in [-0.1, -0.05) is 74.9 Å². The van der Waals surface area contributed by atoms with Crippen molar-refractivity contribution in [3.05, 3.63) is 69.4 Å². The van der Waals surface area contributed by atoms with E-state index in [2.05, 4.69) is 0 Å². The Bertz CT molecular complexity index is 1530. The highest BCUT2D eigenvalue weighted by Gasteiger charge is 2.34. The second-order valence-electron chi connectivity index (χ2n) is 8.14. The number of carbonyl (C=O) groups excluding carboxylic acids is 1. The third kappa shape index (κ3) is 4.28. The zero-order valence-electron chi connectivity index (χ0n) is 19.5. The summed E-state index contributed by atoms with van der Waals surface area (Å²) in [6.07, 6.45) is 2.61. The molecule has 1 amide bonds. The Hall–Kier alpha value is -2.97. The van der Waals surface area contributed by atoms with E-state index in [9.17, 15) is 18.0 Å². The quantitative estimate of drug-likeness (QED) is 0.296. The van der Waals surface area contributed by atoms with Crippen molar-refractivity contribution in [1.29, 1.82) is 0 Å². The predicted octanol–water partition coefficient (Wildman–Crippen LogP) is 6.04. The monoisotopic (exact) mass is 497 g/mol. The highest BCUT2D eigenvalue weighted by Crippen LogP contribution is 2.38. The zero-order chi connectivity index (χ0) is 24.5. The molecule has 0 bridgehead atoms. The second kappa shape index (κ2) is 9.72. The second-order valence-corrected chi connectivity index (χ2v) is 10.9. The standard InChI is InChI=1S/C26H27NO5S2/c1-4-7-12-24(28)27(34(30,31)23-15-17(5-2)13-14-18(23)6-3)21-16-22-25(32-26(29)33-22)20-11-9-8-10-19(20)21/h8-11,13-16H,4-7,12H2,1-3H3. The largest absolute Gasteiger partial charge is 0.413 e. The van der Waals surface area contributed by atoms with Gasteiger partial charge in [0, 0.05) is 17.2 Å². The van der Waals surface area contributed by atoms with Gasteiger partial charge in [-0.3, -0.25) is 4.79 Å². The average Bonchev–Trinajstić information content (AvgIpc) is 3.22. The first-order valence-corrected chi connectivity index (χ1v) is 13.7. The summed E-state index contributed by atoms with van der Waals surface area (Å²) < 4.78 is 35.2. The lowest BCUT2D eigenvalue weighted by Gasteiger charge is -2.25. The van der Waals surface area contributed by atoms with Crippen LogP contribution in [0.1, 0.15) is 51.2 Å². The molecule has 0 aliphatic rings.